The van der Waals surface area contributed by atoms with Gasteiger partial charge in [-0.05, 0) is 35.6 Å². The lowest BCUT2D eigenvalue weighted by Gasteiger charge is -2.39. The van der Waals surface area contributed by atoms with Gasteiger partial charge < -0.3 is 14.4 Å². The number of carbonyl (C=O) groups excluding carboxylic acids is 1. The van der Waals surface area contributed by atoms with E-state index in [4.69, 9.17) is 9.47 Å². The predicted molar refractivity (Wildman–Crippen MR) is 113 cm³/mol. The first-order valence-corrected chi connectivity index (χ1v) is 10.5. The van der Waals surface area contributed by atoms with Crippen LogP contribution < -0.4 is 15.0 Å². The number of fused-ring (bicyclic) bond motifs is 1. The van der Waals surface area contributed by atoms with E-state index in [1.54, 1.807) is 0 Å². The third-order valence-electron chi connectivity index (χ3n) is 5.84. The maximum absolute atomic E-state index is 12.3. The lowest BCUT2D eigenvalue weighted by Crippen LogP contribution is -2.51. The average molecular weight is 412 g/mol. The number of hydrogen-bond donors (Lipinski definition) is 2. The molecule has 1 amide bonds. The molecule has 2 heterocycles. The van der Waals surface area contributed by atoms with Crippen LogP contribution in [0.25, 0.3) is 0 Å². The minimum atomic E-state index is -0.468. The van der Waals surface area contributed by atoms with E-state index in [0.717, 1.165) is 56.2 Å². The summed E-state index contributed by atoms with van der Waals surface area (Å²) in [4.78, 5) is 16.9. The van der Waals surface area contributed by atoms with Crippen molar-refractivity contribution in [1.29, 1.82) is 0 Å². The van der Waals surface area contributed by atoms with Crippen LogP contribution in [0.4, 0.5) is 0 Å². The normalized spacial score (nSPS) is 18.7. The van der Waals surface area contributed by atoms with Gasteiger partial charge in [-0.2, -0.15) is 0 Å². The molecule has 0 saturated carbocycles. The number of rotatable bonds is 7. The summed E-state index contributed by atoms with van der Waals surface area (Å²) >= 11 is 0. The second kappa shape index (κ2) is 9.47. The average Bonchev–Trinajstić information content (AvgIpc) is 3.23. The Hall–Kier alpha value is -2.61. The van der Waals surface area contributed by atoms with E-state index in [-0.39, 0.29) is 5.91 Å². The first-order chi connectivity index (χ1) is 14.6. The van der Waals surface area contributed by atoms with E-state index in [2.05, 4.69) is 28.9 Å². The number of amides is 1. The topological polar surface area (TPSA) is 74.3 Å². The Balaban J connectivity index is 1.31. The number of benzene rings is 2. The van der Waals surface area contributed by atoms with Crippen LogP contribution in [0.5, 0.6) is 11.5 Å². The number of carbonyl (C=O) groups is 1. The Labute approximate surface area is 177 Å². The molecule has 1 fully saturated rings. The van der Waals surface area contributed by atoms with Crippen molar-refractivity contribution in [2.24, 2.45) is 5.92 Å². The molecule has 7 nitrogen and oxygen atoms in total. The van der Waals surface area contributed by atoms with Gasteiger partial charge in [0.2, 0.25) is 6.79 Å². The van der Waals surface area contributed by atoms with Gasteiger partial charge in [0.1, 0.15) is 6.04 Å². The maximum atomic E-state index is 12.3. The summed E-state index contributed by atoms with van der Waals surface area (Å²) in [6.45, 7) is 6.93. The predicted octanol–water partition coefficient (Wildman–Crippen LogP) is 2.46. The second-order valence-electron chi connectivity index (χ2n) is 8.12. The highest BCUT2D eigenvalue weighted by molar-refractivity contribution is 5.82. The van der Waals surface area contributed by atoms with E-state index in [1.165, 1.54) is 5.56 Å². The summed E-state index contributed by atoms with van der Waals surface area (Å²) in [7, 11) is 0. The molecule has 2 aliphatic rings. The zero-order valence-electron chi connectivity index (χ0n) is 17.3. The number of hydrogen-bond acceptors (Lipinski definition) is 6. The van der Waals surface area contributed by atoms with Crippen molar-refractivity contribution in [2.75, 3.05) is 39.5 Å². The van der Waals surface area contributed by atoms with Crippen LogP contribution in [0.2, 0.25) is 0 Å². The van der Waals surface area contributed by atoms with Crippen LogP contribution in [0.1, 0.15) is 24.1 Å². The second-order valence-corrected chi connectivity index (χ2v) is 8.12. The summed E-state index contributed by atoms with van der Waals surface area (Å²) in [5.74, 6) is 1.78. The van der Waals surface area contributed by atoms with Crippen molar-refractivity contribution in [3.05, 3.63) is 59.7 Å². The largest absolute Gasteiger partial charge is 0.454 e. The maximum Gasteiger partial charge on any atom is 0.265 e. The van der Waals surface area contributed by atoms with Gasteiger partial charge >= 0.3 is 0 Å². The van der Waals surface area contributed by atoms with Crippen molar-refractivity contribution in [2.45, 2.75) is 19.4 Å². The summed E-state index contributed by atoms with van der Waals surface area (Å²) in [5.41, 5.74) is 3.99. The van der Waals surface area contributed by atoms with Crippen LogP contribution >= 0.6 is 0 Å². The molecule has 0 aliphatic carbocycles. The summed E-state index contributed by atoms with van der Waals surface area (Å²) < 4.78 is 10.9. The van der Waals surface area contributed by atoms with E-state index >= 15 is 0 Å². The van der Waals surface area contributed by atoms with Crippen LogP contribution in [0.3, 0.4) is 0 Å². The molecule has 7 heteroatoms. The van der Waals surface area contributed by atoms with Gasteiger partial charge in [0.25, 0.3) is 5.91 Å². The van der Waals surface area contributed by atoms with Crippen LogP contribution in [-0.4, -0.2) is 60.4 Å². The Kier molecular flexibility index (Phi) is 6.52. The Morgan fingerprint density at radius 3 is 2.53 bits per heavy atom. The minimum Gasteiger partial charge on any atom is -0.454 e. The molecule has 160 valence electrons. The lowest BCUT2D eigenvalue weighted by molar-refractivity contribution is -0.136. The fourth-order valence-electron chi connectivity index (χ4n) is 4.40. The third kappa shape index (κ3) is 4.75. The van der Waals surface area contributed by atoms with Gasteiger partial charge in [-0.3, -0.25) is 14.9 Å². The number of ether oxygens (including phenoxy) is 2. The van der Waals surface area contributed by atoms with Crippen LogP contribution in [0.15, 0.2) is 48.5 Å². The van der Waals surface area contributed by atoms with Crippen molar-refractivity contribution in [3.8, 4) is 11.5 Å². The molecule has 0 aromatic heterocycles. The van der Waals surface area contributed by atoms with Crippen molar-refractivity contribution in [1.82, 2.24) is 15.3 Å². The zero-order valence-corrected chi connectivity index (χ0v) is 17.3. The molecule has 0 bridgehead atoms. The molecule has 2 aromatic carbocycles. The molecular weight excluding hydrogens is 382 g/mol. The van der Waals surface area contributed by atoms with E-state index in [1.807, 2.05) is 41.9 Å². The SMILES string of the molecule is CC(Cc1ccc2c(c1)OCO2)CN1CCN(C(C(=O)NO)c2ccccc2)CC1. The molecule has 2 atom stereocenters. The summed E-state index contributed by atoms with van der Waals surface area (Å²) in [6, 6.07) is 15.3. The Bertz CT molecular complexity index is 853. The van der Waals surface area contributed by atoms with Crippen molar-refractivity contribution >= 4 is 5.91 Å². The fourth-order valence-corrected chi connectivity index (χ4v) is 4.40. The molecular formula is C23H29N3O4. The zero-order chi connectivity index (χ0) is 20.9. The highest BCUT2D eigenvalue weighted by Crippen LogP contribution is 2.33. The highest BCUT2D eigenvalue weighted by Gasteiger charge is 2.30. The molecule has 2 unspecified atom stereocenters. The molecule has 1 saturated heterocycles. The van der Waals surface area contributed by atoms with Crippen LogP contribution in [-0.2, 0) is 11.2 Å². The summed E-state index contributed by atoms with van der Waals surface area (Å²) in [5, 5.41) is 9.21. The standard InChI is InChI=1S/C23H29N3O4/c1-17(13-18-7-8-20-21(14-18)30-16-29-20)15-25-9-11-26(12-10-25)22(23(27)24-28)19-5-3-2-4-6-19/h2-8,14,17,22,28H,9-13,15-16H2,1H3,(H,24,27). The number of nitrogens with zero attached hydrogens (tertiary/aromatic N) is 2. The van der Waals surface area contributed by atoms with Gasteiger partial charge in [0.05, 0.1) is 0 Å². The molecule has 4 rings (SSSR count). The number of hydroxylamine groups is 1. The van der Waals surface area contributed by atoms with Gasteiger partial charge in [-0.25, -0.2) is 5.48 Å². The smallest absolute Gasteiger partial charge is 0.265 e. The fraction of sp³-hybridized carbons (Fsp3) is 0.435. The van der Waals surface area contributed by atoms with E-state index in [9.17, 15) is 10.0 Å². The molecule has 0 radical (unpaired) electrons. The van der Waals surface area contributed by atoms with Gasteiger partial charge in [-0.1, -0.05) is 43.3 Å². The van der Waals surface area contributed by atoms with Crippen LogP contribution in [0, 0.1) is 5.92 Å². The first kappa shape index (κ1) is 20.7. The quantitative estimate of drug-likeness (QED) is 0.539. The van der Waals surface area contributed by atoms with Gasteiger partial charge in [-0.15, -0.1) is 0 Å². The monoisotopic (exact) mass is 411 g/mol. The highest BCUT2D eigenvalue weighted by atomic mass is 16.7. The minimum absolute atomic E-state index is 0.302. The van der Waals surface area contributed by atoms with Gasteiger partial charge in [0, 0.05) is 32.7 Å². The lowest BCUT2D eigenvalue weighted by atomic mass is 9.99. The summed E-state index contributed by atoms with van der Waals surface area (Å²) in [6.07, 6.45) is 0.983. The van der Waals surface area contributed by atoms with Crippen molar-refractivity contribution < 1.29 is 19.5 Å². The Morgan fingerprint density at radius 1 is 1.07 bits per heavy atom. The molecule has 30 heavy (non-hydrogen) atoms. The van der Waals surface area contributed by atoms with E-state index in [0.29, 0.717) is 12.7 Å². The number of nitrogens with one attached hydrogen (secondary N) is 1. The Morgan fingerprint density at radius 2 is 1.80 bits per heavy atom. The van der Waals surface area contributed by atoms with E-state index < -0.39 is 6.04 Å². The van der Waals surface area contributed by atoms with Crippen molar-refractivity contribution in [3.63, 3.8) is 0 Å². The van der Waals surface area contributed by atoms with Gasteiger partial charge in [0.15, 0.2) is 11.5 Å². The number of piperazine rings is 1. The molecule has 2 N–H and O–H groups in total. The molecule has 2 aromatic rings. The first-order valence-electron chi connectivity index (χ1n) is 10.5. The third-order valence-corrected chi connectivity index (χ3v) is 5.84. The molecule has 0 spiro atoms. The molecule has 2 aliphatic heterocycles.